The fourth-order valence-corrected chi connectivity index (χ4v) is 2.59. The van der Waals surface area contributed by atoms with Gasteiger partial charge in [-0.05, 0) is 44.5 Å². The van der Waals surface area contributed by atoms with E-state index in [1.807, 2.05) is 20.0 Å². The maximum atomic E-state index is 4.62. The van der Waals surface area contributed by atoms with Crippen molar-refractivity contribution in [2.24, 2.45) is 0 Å². The molecule has 1 aromatic carbocycles. The molecule has 3 rings (SSSR count). The average Bonchev–Trinajstić information content (AvgIpc) is 2.74. The molecule has 0 radical (unpaired) electrons. The highest BCUT2D eigenvalue weighted by Gasteiger charge is 2.32. The van der Waals surface area contributed by atoms with Crippen LogP contribution >= 0.6 is 0 Å². The summed E-state index contributed by atoms with van der Waals surface area (Å²) in [6.07, 6.45) is 2.22. The summed E-state index contributed by atoms with van der Waals surface area (Å²) < 4.78 is 0. The van der Waals surface area contributed by atoms with Gasteiger partial charge in [0.15, 0.2) is 5.82 Å². The second-order valence-corrected chi connectivity index (χ2v) is 5.30. The lowest BCUT2D eigenvalue weighted by Crippen LogP contribution is -2.35. The SMILES string of the molecule is CC.Cc1ccc(N2c3ncc(C)cc3N(C)C2C)cc1. The molecule has 0 fully saturated rings. The van der Waals surface area contributed by atoms with E-state index in [0.717, 1.165) is 5.82 Å². The Morgan fingerprint density at radius 1 is 1.00 bits per heavy atom. The van der Waals surface area contributed by atoms with E-state index in [4.69, 9.17) is 0 Å². The van der Waals surface area contributed by atoms with Gasteiger partial charge in [-0.2, -0.15) is 0 Å². The van der Waals surface area contributed by atoms with Gasteiger partial charge >= 0.3 is 0 Å². The maximum absolute atomic E-state index is 4.62. The van der Waals surface area contributed by atoms with E-state index in [1.165, 1.54) is 22.5 Å². The summed E-state index contributed by atoms with van der Waals surface area (Å²) in [6.45, 7) is 10.4. The summed E-state index contributed by atoms with van der Waals surface area (Å²) in [7, 11) is 2.12. The zero-order chi connectivity index (χ0) is 15.6. The van der Waals surface area contributed by atoms with E-state index in [1.54, 1.807) is 0 Å². The Kier molecular flexibility index (Phi) is 4.51. The number of hydrogen-bond acceptors (Lipinski definition) is 3. The predicted molar refractivity (Wildman–Crippen MR) is 91.5 cm³/mol. The van der Waals surface area contributed by atoms with Crippen LogP contribution in [0.5, 0.6) is 0 Å². The smallest absolute Gasteiger partial charge is 0.158 e. The summed E-state index contributed by atoms with van der Waals surface area (Å²) in [5.41, 5.74) is 4.87. The predicted octanol–water partition coefficient (Wildman–Crippen LogP) is 4.66. The summed E-state index contributed by atoms with van der Waals surface area (Å²) in [6, 6.07) is 10.8. The van der Waals surface area contributed by atoms with Crippen molar-refractivity contribution < 1.29 is 0 Å². The summed E-state index contributed by atoms with van der Waals surface area (Å²) in [5, 5.41) is 0. The quantitative estimate of drug-likeness (QED) is 0.759. The van der Waals surface area contributed by atoms with Gasteiger partial charge in [-0.3, -0.25) is 0 Å². The van der Waals surface area contributed by atoms with Crippen LogP contribution < -0.4 is 9.80 Å². The topological polar surface area (TPSA) is 19.4 Å². The molecule has 1 aromatic heterocycles. The van der Waals surface area contributed by atoms with Crippen molar-refractivity contribution in [2.45, 2.75) is 40.8 Å². The highest BCUT2D eigenvalue weighted by Crippen LogP contribution is 2.41. The molecule has 21 heavy (non-hydrogen) atoms. The van der Waals surface area contributed by atoms with Crippen LogP contribution in [0.3, 0.4) is 0 Å². The maximum Gasteiger partial charge on any atom is 0.158 e. The number of rotatable bonds is 1. The number of aromatic nitrogens is 1. The number of nitrogens with zero attached hydrogens (tertiary/aromatic N) is 3. The number of aryl methyl sites for hydroxylation is 2. The summed E-state index contributed by atoms with van der Waals surface area (Å²) in [4.78, 5) is 9.18. The lowest BCUT2D eigenvalue weighted by atomic mass is 10.2. The number of anilines is 3. The van der Waals surface area contributed by atoms with Crippen molar-refractivity contribution in [3.8, 4) is 0 Å². The first-order chi connectivity index (χ1) is 10.1. The van der Waals surface area contributed by atoms with Gasteiger partial charge in [-0.15, -0.1) is 0 Å². The average molecular weight is 283 g/mol. The molecular formula is C18H25N3. The second kappa shape index (κ2) is 6.17. The molecular weight excluding hydrogens is 258 g/mol. The van der Waals surface area contributed by atoms with E-state index in [2.05, 4.69) is 72.9 Å². The molecule has 3 heteroatoms. The van der Waals surface area contributed by atoms with Crippen LogP contribution in [0, 0.1) is 13.8 Å². The summed E-state index contributed by atoms with van der Waals surface area (Å²) >= 11 is 0. The van der Waals surface area contributed by atoms with Crippen LogP contribution in [-0.2, 0) is 0 Å². The number of hydrogen-bond donors (Lipinski definition) is 0. The monoisotopic (exact) mass is 283 g/mol. The molecule has 112 valence electrons. The minimum atomic E-state index is 0.284. The fraction of sp³-hybridized carbons (Fsp3) is 0.389. The Balaban J connectivity index is 0.000000774. The van der Waals surface area contributed by atoms with E-state index in [9.17, 15) is 0 Å². The van der Waals surface area contributed by atoms with E-state index in [0.29, 0.717) is 0 Å². The van der Waals surface area contributed by atoms with E-state index >= 15 is 0 Å². The largest absolute Gasteiger partial charge is 0.351 e. The summed E-state index contributed by atoms with van der Waals surface area (Å²) in [5.74, 6) is 1.05. The molecule has 0 bridgehead atoms. The van der Waals surface area contributed by atoms with Crippen LogP contribution in [-0.4, -0.2) is 18.2 Å². The number of benzene rings is 1. The molecule has 1 aliphatic rings. The zero-order valence-electron chi connectivity index (χ0n) is 13.9. The van der Waals surface area contributed by atoms with Gasteiger partial charge in [-0.1, -0.05) is 31.5 Å². The first kappa shape index (κ1) is 15.4. The Hall–Kier alpha value is -2.03. The molecule has 2 aromatic rings. The third-order valence-electron chi connectivity index (χ3n) is 3.84. The zero-order valence-corrected chi connectivity index (χ0v) is 13.9. The molecule has 1 unspecified atom stereocenters. The minimum Gasteiger partial charge on any atom is -0.351 e. The third kappa shape index (κ3) is 2.73. The first-order valence-corrected chi connectivity index (χ1v) is 7.63. The highest BCUT2D eigenvalue weighted by molar-refractivity contribution is 5.80. The Bertz CT molecular complexity index is 604. The molecule has 0 N–H and O–H groups in total. The van der Waals surface area contributed by atoms with Crippen molar-refractivity contribution in [1.82, 2.24) is 4.98 Å². The Labute approximate surface area is 128 Å². The van der Waals surface area contributed by atoms with Crippen molar-refractivity contribution in [3.05, 3.63) is 47.7 Å². The van der Waals surface area contributed by atoms with Crippen molar-refractivity contribution in [2.75, 3.05) is 16.8 Å². The number of fused-ring (bicyclic) bond motifs is 1. The van der Waals surface area contributed by atoms with Gasteiger partial charge in [0.05, 0.1) is 5.69 Å². The third-order valence-corrected chi connectivity index (χ3v) is 3.84. The van der Waals surface area contributed by atoms with Gasteiger partial charge in [0.2, 0.25) is 0 Å². The molecule has 1 aliphatic heterocycles. The van der Waals surface area contributed by atoms with Gasteiger partial charge in [0.1, 0.15) is 6.17 Å². The molecule has 3 nitrogen and oxygen atoms in total. The standard InChI is InChI=1S/C16H19N3.C2H6/c1-11-5-7-14(8-6-11)19-13(3)18(4)15-9-12(2)10-17-16(15)19;1-2/h5-10,13H,1-4H3;1-2H3. The van der Waals surface area contributed by atoms with Crippen LogP contribution in [0.25, 0.3) is 0 Å². The van der Waals surface area contributed by atoms with Crippen LogP contribution in [0.15, 0.2) is 36.5 Å². The molecule has 2 heterocycles. The Morgan fingerprint density at radius 3 is 2.24 bits per heavy atom. The van der Waals surface area contributed by atoms with Gasteiger partial charge in [0.25, 0.3) is 0 Å². The molecule has 0 saturated carbocycles. The minimum absolute atomic E-state index is 0.284. The van der Waals surface area contributed by atoms with E-state index in [-0.39, 0.29) is 6.17 Å². The lowest BCUT2D eigenvalue weighted by molar-refractivity contribution is 0.731. The Morgan fingerprint density at radius 2 is 1.62 bits per heavy atom. The fourth-order valence-electron chi connectivity index (χ4n) is 2.59. The van der Waals surface area contributed by atoms with Crippen molar-refractivity contribution in [3.63, 3.8) is 0 Å². The highest BCUT2D eigenvalue weighted by atomic mass is 15.4. The molecule has 0 spiro atoms. The van der Waals surface area contributed by atoms with Gasteiger partial charge < -0.3 is 9.80 Å². The van der Waals surface area contributed by atoms with Crippen molar-refractivity contribution in [1.29, 1.82) is 0 Å². The normalized spacial score (nSPS) is 16.4. The van der Waals surface area contributed by atoms with Gasteiger partial charge in [-0.25, -0.2) is 4.98 Å². The van der Waals surface area contributed by atoms with Crippen LogP contribution in [0.2, 0.25) is 0 Å². The van der Waals surface area contributed by atoms with E-state index < -0.39 is 0 Å². The molecule has 0 aliphatic carbocycles. The van der Waals surface area contributed by atoms with Crippen LogP contribution in [0.4, 0.5) is 17.2 Å². The van der Waals surface area contributed by atoms with Crippen molar-refractivity contribution >= 4 is 17.2 Å². The molecule has 0 amide bonds. The number of pyridine rings is 1. The second-order valence-electron chi connectivity index (χ2n) is 5.30. The van der Waals surface area contributed by atoms with Gasteiger partial charge in [0, 0.05) is 18.9 Å². The molecule has 1 atom stereocenters. The van der Waals surface area contributed by atoms with Crippen LogP contribution in [0.1, 0.15) is 31.9 Å². The molecule has 0 saturated heterocycles. The lowest BCUT2D eigenvalue weighted by Gasteiger charge is -2.27. The first-order valence-electron chi connectivity index (χ1n) is 7.63.